The highest BCUT2D eigenvalue weighted by Crippen LogP contribution is 2.57. The number of aliphatic imine (C=N–C) groups is 1. The van der Waals surface area contributed by atoms with E-state index in [0.717, 1.165) is 30.3 Å². The zero-order valence-electron chi connectivity index (χ0n) is 17.0. The first-order chi connectivity index (χ1) is 12.7. The first-order valence-electron chi connectivity index (χ1n) is 11.4. The highest BCUT2D eigenvalue weighted by molar-refractivity contribution is 5.79. The molecule has 5 rings (SSSR count). The van der Waals surface area contributed by atoms with Crippen molar-refractivity contribution in [3.8, 4) is 0 Å². The predicted octanol–water partition coefficient (Wildman–Crippen LogP) is 3.86. The Balaban J connectivity index is 1.27. The number of hydrogen-bond acceptors (Lipinski definition) is 2. The van der Waals surface area contributed by atoms with Crippen LogP contribution >= 0.6 is 0 Å². The predicted molar refractivity (Wildman–Crippen MR) is 109 cm³/mol. The zero-order valence-corrected chi connectivity index (χ0v) is 17.0. The molecule has 0 spiro atoms. The maximum Gasteiger partial charge on any atom is 0.191 e. The molecule has 4 saturated carbocycles. The first kappa shape index (κ1) is 18.6. The Hall–Kier alpha value is -0.770. The quantitative estimate of drug-likeness (QED) is 0.406. The van der Waals surface area contributed by atoms with Gasteiger partial charge >= 0.3 is 0 Å². The number of likely N-dealkylation sites (tertiary alicyclic amines) is 1. The molecule has 2 N–H and O–H groups in total. The molecule has 1 saturated heterocycles. The van der Waals surface area contributed by atoms with E-state index in [4.69, 9.17) is 5.73 Å². The van der Waals surface area contributed by atoms with Gasteiger partial charge in [0.05, 0.1) is 0 Å². The Labute approximate surface area is 160 Å². The van der Waals surface area contributed by atoms with Crippen molar-refractivity contribution in [2.45, 2.75) is 82.6 Å². The number of nitrogens with two attached hydrogens (primary N) is 1. The van der Waals surface area contributed by atoms with Crippen molar-refractivity contribution in [3.05, 3.63) is 0 Å². The average Bonchev–Trinajstić information content (AvgIpc) is 3.12. The highest BCUT2D eigenvalue weighted by atomic mass is 15.3. The molecule has 1 aliphatic heterocycles. The number of unbranched alkanes of at least 4 members (excludes halogenated alkanes) is 3. The minimum atomic E-state index is 0.355. The van der Waals surface area contributed by atoms with Crippen LogP contribution in [0, 0.1) is 17.8 Å². The van der Waals surface area contributed by atoms with Gasteiger partial charge in [0, 0.05) is 19.1 Å². The van der Waals surface area contributed by atoms with Gasteiger partial charge in [0.15, 0.2) is 5.96 Å². The van der Waals surface area contributed by atoms with Crippen molar-refractivity contribution in [1.82, 2.24) is 9.80 Å². The van der Waals surface area contributed by atoms with E-state index >= 15 is 0 Å². The zero-order chi connectivity index (χ0) is 18.0. The topological polar surface area (TPSA) is 44.9 Å². The third-order valence-corrected chi connectivity index (χ3v) is 7.89. The average molecular weight is 361 g/mol. The monoisotopic (exact) mass is 360 g/mol. The third kappa shape index (κ3) is 3.90. The summed E-state index contributed by atoms with van der Waals surface area (Å²) in [4.78, 5) is 9.64. The normalized spacial score (nSPS) is 36.8. The number of rotatable bonds is 8. The molecule has 5 aliphatic rings. The van der Waals surface area contributed by atoms with E-state index in [2.05, 4.69) is 14.8 Å². The number of nitrogens with zero attached hydrogens (tertiary/aromatic N) is 3. The Bertz CT molecular complexity index is 459. The summed E-state index contributed by atoms with van der Waals surface area (Å²) in [5.41, 5.74) is 6.79. The molecule has 5 fully saturated rings. The van der Waals surface area contributed by atoms with Gasteiger partial charge in [-0.25, -0.2) is 0 Å². The molecule has 4 heteroatoms. The second-order valence-electron chi connectivity index (χ2n) is 9.84. The molecule has 0 radical (unpaired) electrons. The van der Waals surface area contributed by atoms with E-state index in [9.17, 15) is 0 Å². The largest absolute Gasteiger partial charge is 0.370 e. The van der Waals surface area contributed by atoms with Crippen LogP contribution in [0.5, 0.6) is 0 Å². The summed E-state index contributed by atoms with van der Waals surface area (Å²) >= 11 is 0. The molecule has 1 heterocycles. The highest BCUT2D eigenvalue weighted by Gasteiger charge is 2.53. The first-order valence-corrected chi connectivity index (χ1v) is 11.4. The van der Waals surface area contributed by atoms with Crippen LogP contribution in [0.4, 0.5) is 0 Å². The molecule has 4 aliphatic carbocycles. The van der Waals surface area contributed by atoms with E-state index in [1.54, 1.807) is 0 Å². The molecule has 4 bridgehead atoms. The fourth-order valence-corrected chi connectivity index (χ4v) is 7.08. The van der Waals surface area contributed by atoms with Gasteiger partial charge in [-0.05, 0) is 102 Å². The summed E-state index contributed by atoms with van der Waals surface area (Å²) in [5.74, 6) is 3.71. The molecular weight excluding hydrogens is 320 g/mol. The van der Waals surface area contributed by atoms with Gasteiger partial charge in [-0.3, -0.25) is 4.99 Å². The summed E-state index contributed by atoms with van der Waals surface area (Å²) < 4.78 is 0. The van der Waals surface area contributed by atoms with Crippen LogP contribution < -0.4 is 5.73 Å². The lowest BCUT2D eigenvalue weighted by Crippen LogP contribution is -2.63. The Morgan fingerprint density at radius 1 is 0.962 bits per heavy atom. The van der Waals surface area contributed by atoms with Crippen LogP contribution in [0.1, 0.15) is 77.0 Å². The second kappa shape index (κ2) is 8.08. The maximum atomic E-state index is 6.43. The molecule has 148 valence electrons. The van der Waals surface area contributed by atoms with Gasteiger partial charge < -0.3 is 15.5 Å². The third-order valence-electron chi connectivity index (χ3n) is 7.89. The Morgan fingerprint density at radius 3 is 2.12 bits per heavy atom. The van der Waals surface area contributed by atoms with Crippen LogP contribution in [0.25, 0.3) is 0 Å². The van der Waals surface area contributed by atoms with Crippen molar-refractivity contribution < 1.29 is 0 Å². The summed E-state index contributed by atoms with van der Waals surface area (Å²) in [7, 11) is 1.87. The van der Waals surface area contributed by atoms with Crippen molar-refractivity contribution in [1.29, 1.82) is 0 Å². The van der Waals surface area contributed by atoms with Crippen molar-refractivity contribution in [2.75, 3.05) is 33.2 Å². The van der Waals surface area contributed by atoms with Crippen LogP contribution in [-0.4, -0.2) is 54.5 Å². The molecule has 26 heavy (non-hydrogen) atoms. The molecule has 0 aromatic rings. The number of guanidine groups is 1. The van der Waals surface area contributed by atoms with Gasteiger partial charge in [-0.15, -0.1) is 0 Å². The van der Waals surface area contributed by atoms with E-state index in [1.165, 1.54) is 96.7 Å². The Kier molecular flexibility index (Phi) is 5.78. The van der Waals surface area contributed by atoms with Gasteiger partial charge in [0.1, 0.15) is 0 Å². The van der Waals surface area contributed by atoms with E-state index in [0.29, 0.717) is 5.54 Å². The molecular formula is C22H40N4. The smallest absolute Gasteiger partial charge is 0.191 e. The van der Waals surface area contributed by atoms with E-state index in [1.807, 2.05) is 7.05 Å². The van der Waals surface area contributed by atoms with Crippen LogP contribution in [0.2, 0.25) is 0 Å². The standard InChI is InChI=1S/C22H40N4/c1-24-21(23)26(11-5-3-2-4-8-25-9-6-7-10-25)22-15-18-12-19(16-22)14-20(13-18)17-22/h18-20H,2-17H2,1H3,(H2,23,24). The second-order valence-corrected chi connectivity index (χ2v) is 9.84. The van der Waals surface area contributed by atoms with E-state index < -0.39 is 0 Å². The van der Waals surface area contributed by atoms with Gasteiger partial charge in [-0.1, -0.05) is 12.8 Å². The number of hydrogen-bond donors (Lipinski definition) is 1. The van der Waals surface area contributed by atoms with Crippen LogP contribution in [0.3, 0.4) is 0 Å². The summed E-state index contributed by atoms with van der Waals surface area (Å²) in [5, 5.41) is 0. The van der Waals surface area contributed by atoms with Gasteiger partial charge in [0.2, 0.25) is 0 Å². The summed E-state index contributed by atoms with van der Waals surface area (Å²) in [6.45, 7) is 5.11. The molecule has 0 aromatic heterocycles. The molecule has 0 unspecified atom stereocenters. The minimum absolute atomic E-state index is 0.355. The van der Waals surface area contributed by atoms with Crippen LogP contribution in [-0.2, 0) is 0 Å². The van der Waals surface area contributed by atoms with Crippen LogP contribution in [0.15, 0.2) is 4.99 Å². The fourth-order valence-electron chi connectivity index (χ4n) is 7.08. The minimum Gasteiger partial charge on any atom is -0.370 e. The molecule has 4 nitrogen and oxygen atoms in total. The van der Waals surface area contributed by atoms with Crippen molar-refractivity contribution >= 4 is 5.96 Å². The lowest BCUT2D eigenvalue weighted by Gasteiger charge is -2.60. The van der Waals surface area contributed by atoms with E-state index in [-0.39, 0.29) is 0 Å². The lowest BCUT2D eigenvalue weighted by atomic mass is 9.52. The van der Waals surface area contributed by atoms with Gasteiger partial charge in [0.25, 0.3) is 0 Å². The molecule has 0 atom stereocenters. The SMILES string of the molecule is CN=C(N)N(CCCCCCN1CCCC1)C12CC3CC(CC(C3)C1)C2. The summed E-state index contributed by atoms with van der Waals surface area (Å²) in [6, 6.07) is 0. The molecule has 0 aromatic carbocycles. The Morgan fingerprint density at radius 2 is 1.54 bits per heavy atom. The van der Waals surface area contributed by atoms with Gasteiger partial charge in [-0.2, -0.15) is 0 Å². The maximum absolute atomic E-state index is 6.43. The molecule has 0 amide bonds. The summed E-state index contributed by atoms with van der Waals surface area (Å²) in [6.07, 6.45) is 16.8. The lowest BCUT2D eigenvalue weighted by molar-refractivity contribution is -0.0629. The van der Waals surface area contributed by atoms with Crippen molar-refractivity contribution in [3.63, 3.8) is 0 Å². The fraction of sp³-hybridized carbons (Fsp3) is 0.955. The van der Waals surface area contributed by atoms with Crippen molar-refractivity contribution in [2.24, 2.45) is 28.5 Å².